The van der Waals surface area contributed by atoms with Gasteiger partial charge >= 0.3 is 6.18 Å². The summed E-state index contributed by atoms with van der Waals surface area (Å²) in [4.78, 5) is 8.41. The maximum Gasteiger partial charge on any atom is 0.416 e. The highest BCUT2D eigenvalue weighted by Gasteiger charge is 2.30. The number of aromatic nitrogens is 2. The van der Waals surface area contributed by atoms with E-state index < -0.39 is 11.7 Å². The Hall–Kier alpha value is -5.07. The lowest BCUT2D eigenvalue weighted by Gasteiger charge is -2.14. The third-order valence-corrected chi connectivity index (χ3v) is 5.62. The van der Waals surface area contributed by atoms with Crippen LogP contribution in [0.4, 0.5) is 19.0 Å². The summed E-state index contributed by atoms with van der Waals surface area (Å²) in [7, 11) is 0. The van der Waals surface area contributed by atoms with Crippen molar-refractivity contribution in [3.05, 3.63) is 76.7 Å². The van der Waals surface area contributed by atoms with E-state index in [0.29, 0.717) is 28.3 Å². The van der Waals surface area contributed by atoms with Gasteiger partial charge in [-0.15, -0.1) is 0 Å². The number of nitrogen functional groups attached to an aromatic ring is 1. The van der Waals surface area contributed by atoms with Crippen LogP contribution >= 0.6 is 0 Å². The van der Waals surface area contributed by atoms with Crippen molar-refractivity contribution < 1.29 is 32.2 Å². The van der Waals surface area contributed by atoms with Gasteiger partial charge in [-0.1, -0.05) is 12.1 Å². The van der Waals surface area contributed by atoms with E-state index >= 15 is 0 Å². The van der Waals surface area contributed by atoms with Gasteiger partial charge in [0.2, 0.25) is 11.8 Å². The minimum Gasteiger partial charge on any atom is -0.491 e. The molecule has 198 valence electrons. The number of aryl methyl sites for hydroxylation is 1. The van der Waals surface area contributed by atoms with Gasteiger partial charge in [-0.3, -0.25) is 0 Å². The topological polar surface area (TPSA) is 151 Å². The number of aliphatic hydroxyl groups is 1. The largest absolute Gasteiger partial charge is 0.491 e. The molecule has 0 saturated heterocycles. The smallest absolute Gasteiger partial charge is 0.416 e. The monoisotopic (exact) mass is 535 g/mol. The highest BCUT2D eigenvalue weighted by Crippen LogP contribution is 2.36. The number of alkyl halides is 3. The summed E-state index contributed by atoms with van der Waals surface area (Å²) in [5, 5.41) is 28.6. The van der Waals surface area contributed by atoms with Crippen molar-refractivity contribution in [2.75, 3.05) is 18.9 Å². The predicted molar refractivity (Wildman–Crippen MR) is 132 cm³/mol. The highest BCUT2D eigenvalue weighted by molar-refractivity contribution is 5.82. The molecule has 2 heterocycles. The van der Waals surface area contributed by atoms with E-state index in [4.69, 9.17) is 24.7 Å². The predicted octanol–water partition coefficient (Wildman–Crippen LogP) is 5.01. The van der Waals surface area contributed by atoms with Crippen molar-refractivity contribution in [2.45, 2.75) is 19.7 Å². The summed E-state index contributed by atoms with van der Waals surface area (Å²) in [6, 6.07) is 14.9. The van der Waals surface area contributed by atoms with Gasteiger partial charge in [0.25, 0.3) is 0 Å². The zero-order chi connectivity index (χ0) is 28.2. The second kappa shape index (κ2) is 11.1. The number of ether oxygens (including phenoxy) is 2. The van der Waals surface area contributed by atoms with Crippen LogP contribution in [-0.2, 0) is 12.8 Å². The van der Waals surface area contributed by atoms with Crippen LogP contribution in [-0.4, -0.2) is 28.3 Å². The molecule has 0 unspecified atom stereocenters. The van der Waals surface area contributed by atoms with Crippen LogP contribution < -0.4 is 15.2 Å². The number of hydrogen-bond donors (Lipinski definition) is 2. The molecular weight excluding hydrogens is 515 g/mol. The van der Waals surface area contributed by atoms with Crippen LogP contribution in [0.2, 0.25) is 0 Å². The van der Waals surface area contributed by atoms with Crippen molar-refractivity contribution >= 4 is 5.82 Å². The lowest BCUT2D eigenvalue weighted by molar-refractivity contribution is -0.137. The molecule has 0 bridgehead atoms. The fourth-order valence-corrected chi connectivity index (χ4v) is 3.70. The van der Waals surface area contributed by atoms with Crippen LogP contribution in [0.5, 0.6) is 11.6 Å². The summed E-state index contributed by atoms with van der Waals surface area (Å²) in [6.07, 6.45) is -4.47. The molecule has 0 radical (unpaired) electrons. The number of benzene rings is 2. The molecule has 0 saturated carbocycles. The van der Waals surface area contributed by atoms with E-state index in [1.807, 2.05) is 12.1 Å². The fourth-order valence-electron chi connectivity index (χ4n) is 3.70. The molecule has 12 heteroatoms. The van der Waals surface area contributed by atoms with Crippen molar-refractivity contribution in [3.63, 3.8) is 0 Å². The number of hydrogen-bond acceptors (Lipinski definition) is 9. The molecule has 0 amide bonds. The molecule has 3 N–H and O–H groups in total. The Morgan fingerprint density at radius 2 is 1.59 bits per heavy atom. The fraction of sp³-hybridized carbons (Fsp3) is 0.185. The van der Waals surface area contributed by atoms with E-state index in [2.05, 4.69) is 9.97 Å². The molecular formula is C27H20F3N5O4. The number of aliphatic hydroxyl groups excluding tert-OH is 1. The number of pyridine rings is 1. The van der Waals surface area contributed by atoms with E-state index in [-0.39, 0.29) is 54.1 Å². The molecule has 0 aliphatic rings. The van der Waals surface area contributed by atoms with Crippen molar-refractivity contribution in [1.82, 2.24) is 9.97 Å². The Morgan fingerprint density at radius 1 is 0.949 bits per heavy atom. The lowest BCUT2D eigenvalue weighted by Crippen LogP contribution is -2.07. The van der Waals surface area contributed by atoms with E-state index in [1.165, 1.54) is 12.1 Å². The number of nitrogens with zero attached hydrogens (tertiary/aromatic N) is 4. The number of rotatable bonds is 8. The van der Waals surface area contributed by atoms with Crippen molar-refractivity contribution in [2.24, 2.45) is 0 Å². The lowest BCUT2D eigenvalue weighted by atomic mass is 9.96. The molecule has 9 nitrogen and oxygen atoms in total. The van der Waals surface area contributed by atoms with Crippen LogP contribution in [0, 0.1) is 29.6 Å². The van der Waals surface area contributed by atoms with Gasteiger partial charge in [-0.05, 0) is 48.9 Å². The Bertz CT molecular complexity index is 1570. The number of anilines is 1. The third-order valence-electron chi connectivity index (χ3n) is 5.62. The Morgan fingerprint density at radius 3 is 2.18 bits per heavy atom. The van der Waals surface area contributed by atoms with Gasteiger partial charge in [-0.2, -0.15) is 28.7 Å². The maximum absolute atomic E-state index is 12.9. The van der Waals surface area contributed by atoms with E-state index in [0.717, 1.165) is 12.1 Å². The molecule has 0 fully saturated rings. The molecule has 0 aliphatic heterocycles. The molecule has 39 heavy (non-hydrogen) atoms. The Balaban J connectivity index is 1.63. The average molecular weight is 535 g/mol. The maximum atomic E-state index is 12.9. The molecule has 0 atom stereocenters. The van der Waals surface area contributed by atoms with Crippen LogP contribution in [0.15, 0.2) is 52.9 Å². The van der Waals surface area contributed by atoms with Crippen LogP contribution in [0.3, 0.4) is 0 Å². The molecule has 2 aromatic carbocycles. The molecule has 0 spiro atoms. The number of halogens is 3. The summed E-state index contributed by atoms with van der Waals surface area (Å²) < 4.78 is 55.3. The summed E-state index contributed by atoms with van der Waals surface area (Å²) in [5.74, 6) is 0.640. The van der Waals surface area contributed by atoms with Gasteiger partial charge in [0.1, 0.15) is 59.5 Å². The highest BCUT2D eigenvalue weighted by atomic mass is 19.4. The first kappa shape index (κ1) is 27.0. The Labute approximate surface area is 220 Å². The van der Waals surface area contributed by atoms with E-state index in [1.54, 1.807) is 31.2 Å². The SMILES string of the molecule is Cc1oc(-c2ccc(C(F)(F)F)cc2)nc1COc1nc(N)c(C#N)c(-c2ccc(OCCO)cc2)c1C#N. The number of oxazole rings is 1. The van der Waals surface area contributed by atoms with Gasteiger partial charge < -0.3 is 24.7 Å². The molecule has 0 aliphatic carbocycles. The minimum atomic E-state index is -4.47. The zero-order valence-corrected chi connectivity index (χ0v) is 20.4. The van der Waals surface area contributed by atoms with Crippen molar-refractivity contribution in [1.29, 1.82) is 10.5 Å². The first-order chi connectivity index (χ1) is 18.7. The summed E-state index contributed by atoms with van der Waals surface area (Å²) in [6.45, 7) is 1.36. The number of nitriles is 2. The standard InChI is InChI=1S/C27H20F3N5O4/c1-15-22(34-25(39-15)17-2-6-18(7-3-17)27(28,29)30)14-38-26-21(13-32)23(20(12-31)24(33)35-26)16-4-8-19(9-5-16)37-11-10-36/h2-9,36H,10-11,14H2,1H3,(H2,33,35). The summed E-state index contributed by atoms with van der Waals surface area (Å²) >= 11 is 0. The van der Waals surface area contributed by atoms with Crippen LogP contribution in [0.25, 0.3) is 22.6 Å². The van der Waals surface area contributed by atoms with Gasteiger partial charge in [0.05, 0.1) is 12.2 Å². The minimum absolute atomic E-state index is 0.00914. The van der Waals surface area contributed by atoms with Gasteiger partial charge in [0.15, 0.2) is 0 Å². The summed E-state index contributed by atoms with van der Waals surface area (Å²) in [5.41, 5.74) is 6.55. The zero-order valence-electron chi connectivity index (χ0n) is 20.4. The second-order valence-electron chi connectivity index (χ2n) is 8.13. The average Bonchev–Trinajstić information content (AvgIpc) is 3.30. The normalized spacial score (nSPS) is 11.1. The first-order valence-electron chi connectivity index (χ1n) is 11.4. The Kier molecular flexibility index (Phi) is 7.70. The number of nitrogens with two attached hydrogens (primary N) is 1. The quantitative estimate of drug-likeness (QED) is 0.317. The van der Waals surface area contributed by atoms with E-state index in [9.17, 15) is 23.7 Å². The molecule has 4 aromatic rings. The second-order valence-corrected chi connectivity index (χ2v) is 8.13. The third kappa shape index (κ3) is 5.76. The molecule has 4 rings (SSSR count). The van der Waals surface area contributed by atoms with Gasteiger partial charge in [0, 0.05) is 11.1 Å². The van der Waals surface area contributed by atoms with Gasteiger partial charge in [-0.25, -0.2) is 4.98 Å². The van der Waals surface area contributed by atoms with Crippen LogP contribution in [0.1, 0.15) is 28.1 Å². The first-order valence-corrected chi connectivity index (χ1v) is 11.4. The molecule has 2 aromatic heterocycles. The van der Waals surface area contributed by atoms with Crippen molar-refractivity contribution in [3.8, 4) is 46.3 Å².